The average molecular weight is 247 g/mol. The highest BCUT2D eigenvalue weighted by Crippen LogP contribution is 2.16. The van der Waals surface area contributed by atoms with Crippen molar-refractivity contribution in [1.29, 1.82) is 0 Å². The minimum atomic E-state index is 0.266. The zero-order valence-corrected chi connectivity index (χ0v) is 11.1. The standard InChI is InChI=1S/C14H21N3O/c1-3-14(18)17-8-5-12(6-9-17)16-13-10-11(2)4-7-15-13/h4,7,10,12H,3,5-6,8-9H2,1-2H3,(H,15,16). The Balaban J connectivity index is 1.85. The second kappa shape index (κ2) is 5.85. The van der Waals surface area contributed by atoms with E-state index >= 15 is 0 Å². The summed E-state index contributed by atoms with van der Waals surface area (Å²) in [7, 11) is 0. The molecule has 2 rings (SSSR count). The molecule has 4 heteroatoms. The molecule has 0 saturated carbocycles. The molecule has 0 bridgehead atoms. The lowest BCUT2D eigenvalue weighted by atomic mass is 10.0. The van der Waals surface area contributed by atoms with Crippen LogP contribution in [0.3, 0.4) is 0 Å². The maximum Gasteiger partial charge on any atom is 0.222 e. The van der Waals surface area contributed by atoms with Gasteiger partial charge in [0.2, 0.25) is 5.91 Å². The highest BCUT2D eigenvalue weighted by Gasteiger charge is 2.21. The van der Waals surface area contributed by atoms with Crippen molar-refractivity contribution in [3.63, 3.8) is 0 Å². The summed E-state index contributed by atoms with van der Waals surface area (Å²) in [6, 6.07) is 4.48. The molecular weight excluding hydrogens is 226 g/mol. The van der Waals surface area contributed by atoms with Gasteiger partial charge in [-0.1, -0.05) is 6.92 Å². The number of nitrogens with zero attached hydrogens (tertiary/aromatic N) is 2. The number of pyridine rings is 1. The molecule has 1 N–H and O–H groups in total. The number of hydrogen-bond acceptors (Lipinski definition) is 3. The number of hydrogen-bond donors (Lipinski definition) is 1. The molecule has 1 fully saturated rings. The number of carbonyl (C=O) groups is 1. The zero-order valence-electron chi connectivity index (χ0n) is 11.1. The molecule has 1 amide bonds. The van der Waals surface area contributed by atoms with Gasteiger partial charge >= 0.3 is 0 Å². The van der Waals surface area contributed by atoms with Crippen LogP contribution in [0, 0.1) is 6.92 Å². The fourth-order valence-electron chi connectivity index (χ4n) is 2.32. The smallest absolute Gasteiger partial charge is 0.222 e. The first-order chi connectivity index (χ1) is 8.69. The first-order valence-electron chi connectivity index (χ1n) is 6.66. The Bertz CT molecular complexity index is 411. The van der Waals surface area contributed by atoms with E-state index in [1.165, 1.54) is 5.56 Å². The van der Waals surface area contributed by atoms with Crippen LogP contribution in [-0.4, -0.2) is 34.9 Å². The minimum Gasteiger partial charge on any atom is -0.367 e. The second-order valence-electron chi connectivity index (χ2n) is 4.87. The second-order valence-corrected chi connectivity index (χ2v) is 4.87. The monoisotopic (exact) mass is 247 g/mol. The molecule has 0 aliphatic carbocycles. The third-order valence-electron chi connectivity index (χ3n) is 3.42. The maximum absolute atomic E-state index is 11.6. The Morgan fingerprint density at radius 2 is 2.22 bits per heavy atom. The van der Waals surface area contributed by atoms with E-state index in [0.29, 0.717) is 12.5 Å². The summed E-state index contributed by atoms with van der Waals surface area (Å²) in [5, 5.41) is 3.45. The van der Waals surface area contributed by atoms with Crippen LogP contribution in [0.2, 0.25) is 0 Å². The van der Waals surface area contributed by atoms with Crippen LogP contribution in [-0.2, 0) is 4.79 Å². The average Bonchev–Trinajstić information content (AvgIpc) is 2.39. The fourth-order valence-corrected chi connectivity index (χ4v) is 2.32. The molecule has 2 heterocycles. The van der Waals surface area contributed by atoms with Crippen molar-refractivity contribution in [2.45, 2.75) is 39.2 Å². The van der Waals surface area contributed by atoms with Crippen LogP contribution in [0.5, 0.6) is 0 Å². The Labute approximate surface area is 108 Å². The lowest BCUT2D eigenvalue weighted by molar-refractivity contribution is -0.131. The van der Waals surface area contributed by atoms with Gasteiger partial charge in [-0.25, -0.2) is 4.98 Å². The first-order valence-corrected chi connectivity index (χ1v) is 6.66. The van der Waals surface area contributed by atoms with Gasteiger partial charge in [0.05, 0.1) is 0 Å². The van der Waals surface area contributed by atoms with Crippen molar-refractivity contribution in [3.8, 4) is 0 Å². The molecule has 0 atom stereocenters. The van der Waals surface area contributed by atoms with E-state index in [1.807, 2.05) is 24.1 Å². The van der Waals surface area contributed by atoms with Crippen LogP contribution in [0.25, 0.3) is 0 Å². The van der Waals surface area contributed by atoms with Crippen molar-refractivity contribution in [2.75, 3.05) is 18.4 Å². The van der Waals surface area contributed by atoms with E-state index in [4.69, 9.17) is 0 Å². The summed E-state index contributed by atoms with van der Waals surface area (Å²) in [4.78, 5) is 17.8. The molecule has 0 spiro atoms. The molecule has 0 radical (unpaired) electrons. The molecule has 1 aromatic rings. The van der Waals surface area contributed by atoms with Gasteiger partial charge in [-0.15, -0.1) is 0 Å². The lowest BCUT2D eigenvalue weighted by Gasteiger charge is -2.32. The van der Waals surface area contributed by atoms with Gasteiger partial charge in [-0.05, 0) is 37.5 Å². The predicted molar refractivity (Wildman–Crippen MR) is 72.5 cm³/mol. The highest BCUT2D eigenvalue weighted by atomic mass is 16.2. The number of nitrogens with one attached hydrogen (secondary N) is 1. The van der Waals surface area contributed by atoms with Crippen LogP contribution in [0.1, 0.15) is 31.7 Å². The summed E-state index contributed by atoms with van der Waals surface area (Å²) in [6.45, 7) is 5.70. The largest absolute Gasteiger partial charge is 0.367 e. The minimum absolute atomic E-state index is 0.266. The third-order valence-corrected chi connectivity index (χ3v) is 3.42. The fraction of sp³-hybridized carbons (Fsp3) is 0.571. The molecule has 1 saturated heterocycles. The van der Waals surface area contributed by atoms with Gasteiger partial charge < -0.3 is 10.2 Å². The number of likely N-dealkylation sites (tertiary alicyclic amines) is 1. The maximum atomic E-state index is 11.6. The summed E-state index contributed by atoms with van der Waals surface area (Å²) >= 11 is 0. The number of aryl methyl sites for hydroxylation is 1. The SMILES string of the molecule is CCC(=O)N1CCC(Nc2cc(C)ccn2)CC1. The van der Waals surface area contributed by atoms with Crippen LogP contribution in [0.4, 0.5) is 5.82 Å². The summed E-state index contributed by atoms with van der Waals surface area (Å²) in [5.41, 5.74) is 1.21. The normalized spacial score (nSPS) is 16.7. The van der Waals surface area contributed by atoms with Crippen LogP contribution in [0.15, 0.2) is 18.3 Å². The number of anilines is 1. The topological polar surface area (TPSA) is 45.2 Å². The van der Waals surface area contributed by atoms with Crippen molar-refractivity contribution in [3.05, 3.63) is 23.9 Å². The highest BCUT2D eigenvalue weighted by molar-refractivity contribution is 5.75. The van der Waals surface area contributed by atoms with E-state index < -0.39 is 0 Å². The Morgan fingerprint density at radius 1 is 1.50 bits per heavy atom. The van der Waals surface area contributed by atoms with Crippen molar-refractivity contribution >= 4 is 11.7 Å². The van der Waals surface area contributed by atoms with E-state index in [-0.39, 0.29) is 5.91 Å². The van der Waals surface area contributed by atoms with Crippen molar-refractivity contribution < 1.29 is 4.79 Å². The molecule has 4 nitrogen and oxygen atoms in total. The number of rotatable bonds is 3. The predicted octanol–water partition coefficient (Wildman–Crippen LogP) is 2.20. The van der Waals surface area contributed by atoms with Gasteiger partial charge in [-0.2, -0.15) is 0 Å². The molecule has 18 heavy (non-hydrogen) atoms. The van der Waals surface area contributed by atoms with Gasteiger partial charge in [0.25, 0.3) is 0 Å². The first kappa shape index (κ1) is 12.9. The van der Waals surface area contributed by atoms with Gasteiger partial charge in [0.15, 0.2) is 0 Å². The molecule has 1 aromatic heterocycles. The molecule has 98 valence electrons. The number of aromatic nitrogens is 1. The number of carbonyl (C=O) groups excluding carboxylic acids is 1. The molecule has 0 unspecified atom stereocenters. The Hall–Kier alpha value is -1.58. The summed E-state index contributed by atoms with van der Waals surface area (Å²) < 4.78 is 0. The summed E-state index contributed by atoms with van der Waals surface area (Å²) in [5.74, 6) is 1.21. The number of piperidine rings is 1. The van der Waals surface area contributed by atoms with Gasteiger partial charge in [-0.3, -0.25) is 4.79 Å². The molecular formula is C14H21N3O. The van der Waals surface area contributed by atoms with E-state index in [2.05, 4.69) is 23.3 Å². The van der Waals surface area contributed by atoms with Crippen molar-refractivity contribution in [2.24, 2.45) is 0 Å². The van der Waals surface area contributed by atoms with E-state index in [0.717, 1.165) is 31.7 Å². The quantitative estimate of drug-likeness (QED) is 0.890. The lowest BCUT2D eigenvalue weighted by Crippen LogP contribution is -2.42. The molecule has 0 aromatic carbocycles. The molecule has 1 aliphatic rings. The Kier molecular flexibility index (Phi) is 4.18. The third kappa shape index (κ3) is 3.22. The number of amides is 1. The van der Waals surface area contributed by atoms with Gasteiger partial charge in [0, 0.05) is 31.7 Å². The Morgan fingerprint density at radius 3 is 2.83 bits per heavy atom. The zero-order chi connectivity index (χ0) is 13.0. The van der Waals surface area contributed by atoms with Crippen LogP contribution < -0.4 is 5.32 Å². The summed E-state index contributed by atoms with van der Waals surface area (Å²) in [6.07, 6.45) is 4.44. The molecule has 1 aliphatic heterocycles. The van der Waals surface area contributed by atoms with Crippen molar-refractivity contribution in [1.82, 2.24) is 9.88 Å². The van der Waals surface area contributed by atoms with Gasteiger partial charge in [0.1, 0.15) is 5.82 Å². The van der Waals surface area contributed by atoms with Crippen LogP contribution >= 0.6 is 0 Å². The van der Waals surface area contributed by atoms with E-state index in [1.54, 1.807) is 0 Å². The van der Waals surface area contributed by atoms with E-state index in [9.17, 15) is 4.79 Å².